The summed E-state index contributed by atoms with van der Waals surface area (Å²) < 4.78 is 0. The van der Waals surface area contributed by atoms with Crippen LogP contribution in [0.4, 0.5) is 0 Å². The second-order valence-electron chi connectivity index (χ2n) is 5.55. The molecule has 0 radical (unpaired) electrons. The van der Waals surface area contributed by atoms with Gasteiger partial charge in [-0.15, -0.1) is 0 Å². The third-order valence-electron chi connectivity index (χ3n) is 4.28. The van der Waals surface area contributed by atoms with Crippen LogP contribution in [0.5, 0.6) is 0 Å². The lowest BCUT2D eigenvalue weighted by Crippen LogP contribution is -2.46. The van der Waals surface area contributed by atoms with Gasteiger partial charge in [-0.3, -0.25) is 4.79 Å². The summed E-state index contributed by atoms with van der Waals surface area (Å²) in [5.41, 5.74) is 0.872. The van der Waals surface area contributed by atoms with E-state index >= 15 is 0 Å². The molecule has 1 fully saturated rings. The first-order chi connectivity index (χ1) is 9.19. The number of rotatable bonds is 5. The molecular weight excluding hydrogens is 236 g/mol. The van der Waals surface area contributed by atoms with Gasteiger partial charge in [-0.25, -0.2) is 0 Å². The molecule has 0 aromatic heterocycles. The van der Waals surface area contributed by atoms with Gasteiger partial charge >= 0.3 is 0 Å². The lowest BCUT2D eigenvalue weighted by molar-refractivity contribution is -0.126. The minimum atomic E-state index is -0.297. The van der Waals surface area contributed by atoms with Gasteiger partial charge in [-0.1, -0.05) is 43.2 Å². The van der Waals surface area contributed by atoms with Gasteiger partial charge in [-0.05, 0) is 32.4 Å². The molecule has 1 aliphatic carbocycles. The van der Waals surface area contributed by atoms with E-state index in [2.05, 4.69) is 29.7 Å². The average molecular weight is 260 g/mol. The van der Waals surface area contributed by atoms with Crippen molar-refractivity contribution in [2.24, 2.45) is 0 Å². The molecule has 1 saturated carbocycles. The first-order valence-electron chi connectivity index (χ1n) is 7.20. The van der Waals surface area contributed by atoms with Crippen LogP contribution in [0.25, 0.3) is 0 Å². The smallest absolute Gasteiger partial charge is 0.230 e. The number of hydrogen-bond acceptors (Lipinski definition) is 2. The van der Waals surface area contributed by atoms with E-state index in [0.717, 1.165) is 25.7 Å². The summed E-state index contributed by atoms with van der Waals surface area (Å²) in [5.74, 6) is 0.193. The highest BCUT2D eigenvalue weighted by Crippen LogP contribution is 2.41. The maximum atomic E-state index is 12.6. The second kappa shape index (κ2) is 6.20. The zero-order chi connectivity index (χ0) is 13.7. The molecule has 2 rings (SSSR count). The SMILES string of the molecule is CNC(C)CNC(=O)C1(c2ccccc2)CCCC1. The lowest BCUT2D eigenvalue weighted by Gasteiger charge is -2.29. The van der Waals surface area contributed by atoms with Crippen LogP contribution in [-0.2, 0) is 10.2 Å². The van der Waals surface area contributed by atoms with Crippen molar-refractivity contribution >= 4 is 5.91 Å². The molecule has 1 aromatic carbocycles. The molecule has 104 valence electrons. The number of likely N-dealkylation sites (N-methyl/N-ethyl adjacent to an activating group) is 1. The van der Waals surface area contributed by atoms with Crippen molar-refractivity contribution in [1.29, 1.82) is 0 Å². The number of carbonyl (C=O) groups excluding carboxylic acids is 1. The normalized spacial score (nSPS) is 19.1. The third-order valence-corrected chi connectivity index (χ3v) is 4.28. The molecule has 0 spiro atoms. The van der Waals surface area contributed by atoms with E-state index in [-0.39, 0.29) is 11.3 Å². The van der Waals surface area contributed by atoms with Crippen LogP contribution >= 0.6 is 0 Å². The number of carbonyl (C=O) groups is 1. The van der Waals surface area contributed by atoms with E-state index in [1.165, 1.54) is 5.56 Å². The van der Waals surface area contributed by atoms with Gasteiger partial charge in [0.2, 0.25) is 5.91 Å². The summed E-state index contributed by atoms with van der Waals surface area (Å²) in [4.78, 5) is 12.6. The summed E-state index contributed by atoms with van der Waals surface area (Å²) in [6.45, 7) is 2.76. The number of hydrogen-bond donors (Lipinski definition) is 2. The van der Waals surface area contributed by atoms with Crippen LogP contribution < -0.4 is 10.6 Å². The molecule has 0 aliphatic heterocycles. The second-order valence-corrected chi connectivity index (χ2v) is 5.55. The van der Waals surface area contributed by atoms with E-state index in [1.807, 2.05) is 25.2 Å². The third kappa shape index (κ3) is 2.98. The molecule has 1 unspecified atom stereocenters. The topological polar surface area (TPSA) is 41.1 Å². The minimum absolute atomic E-state index is 0.193. The highest BCUT2D eigenvalue weighted by Gasteiger charge is 2.42. The summed E-state index contributed by atoms with van der Waals surface area (Å²) in [6.07, 6.45) is 4.22. The quantitative estimate of drug-likeness (QED) is 0.852. The van der Waals surface area contributed by atoms with Crippen LogP contribution in [0.1, 0.15) is 38.2 Å². The fourth-order valence-electron chi connectivity index (χ4n) is 2.90. The lowest BCUT2D eigenvalue weighted by atomic mass is 9.78. The fraction of sp³-hybridized carbons (Fsp3) is 0.562. The van der Waals surface area contributed by atoms with Crippen molar-refractivity contribution in [1.82, 2.24) is 10.6 Å². The minimum Gasteiger partial charge on any atom is -0.354 e. The standard InChI is InChI=1S/C16H24N2O/c1-13(17-2)12-18-15(19)16(10-6-7-11-16)14-8-4-3-5-9-14/h3-5,8-9,13,17H,6-7,10-12H2,1-2H3,(H,18,19). The Morgan fingerprint density at radius 2 is 1.89 bits per heavy atom. The Labute approximate surface area is 115 Å². The van der Waals surface area contributed by atoms with E-state index in [4.69, 9.17) is 0 Å². The molecule has 0 bridgehead atoms. The molecule has 0 saturated heterocycles. The fourth-order valence-corrected chi connectivity index (χ4v) is 2.90. The van der Waals surface area contributed by atoms with Gasteiger partial charge in [0.1, 0.15) is 0 Å². The van der Waals surface area contributed by atoms with Gasteiger partial charge < -0.3 is 10.6 Å². The Morgan fingerprint density at radius 3 is 2.47 bits per heavy atom. The molecule has 3 heteroatoms. The first kappa shape index (κ1) is 14.1. The predicted molar refractivity (Wildman–Crippen MR) is 78.1 cm³/mol. The molecular formula is C16H24N2O. The maximum Gasteiger partial charge on any atom is 0.230 e. The van der Waals surface area contributed by atoms with Gasteiger partial charge in [0.15, 0.2) is 0 Å². The average Bonchev–Trinajstić information content (AvgIpc) is 2.96. The summed E-state index contributed by atoms with van der Waals surface area (Å²) >= 11 is 0. The largest absolute Gasteiger partial charge is 0.354 e. The molecule has 0 heterocycles. The van der Waals surface area contributed by atoms with Crippen LogP contribution in [-0.4, -0.2) is 25.5 Å². The number of amides is 1. The van der Waals surface area contributed by atoms with Crippen LogP contribution in [0, 0.1) is 0 Å². The van der Waals surface area contributed by atoms with Crippen molar-refractivity contribution in [3.63, 3.8) is 0 Å². The summed E-state index contributed by atoms with van der Waals surface area (Å²) in [5, 5.41) is 6.26. The van der Waals surface area contributed by atoms with Gasteiger partial charge in [0, 0.05) is 12.6 Å². The van der Waals surface area contributed by atoms with Crippen LogP contribution in [0.2, 0.25) is 0 Å². The zero-order valence-electron chi connectivity index (χ0n) is 11.9. The van der Waals surface area contributed by atoms with Crippen LogP contribution in [0.15, 0.2) is 30.3 Å². The Hall–Kier alpha value is -1.35. The first-order valence-corrected chi connectivity index (χ1v) is 7.20. The van der Waals surface area contributed by atoms with E-state index in [9.17, 15) is 4.79 Å². The summed E-state index contributed by atoms with van der Waals surface area (Å²) in [6, 6.07) is 10.5. The predicted octanol–water partition coefficient (Wildman–Crippen LogP) is 2.22. The van der Waals surface area contributed by atoms with E-state index in [0.29, 0.717) is 12.6 Å². The van der Waals surface area contributed by atoms with Gasteiger partial charge in [-0.2, -0.15) is 0 Å². The van der Waals surface area contributed by atoms with Crippen molar-refractivity contribution in [2.75, 3.05) is 13.6 Å². The van der Waals surface area contributed by atoms with Gasteiger partial charge in [0.05, 0.1) is 5.41 Å². The number of benzene rings is 1. The van der Waals surface area contributed by atoms with E-state index < -0.39 is 0 Å². The molecule has 1 atom stereocenters. The molecule has 3 nitrogen and oxygen atoms in total. The van der Waals surface area contributed by atoms with Crippen molar-refractivity contribution in [3.05, 3.63) is 35.9 Å². The molecule has 2 N–H and O–H groups in total. The zero-order valence-corrected chi connectivity index (χ0v) is 11.9. The monoisotopic (exact) mass is 260 g/mol. The Morgan fingerprint density at radius 1 is 1.26 bits per heavy atom. The van der Waals surface area contributed by atoms with Gasteiger partial charge in [0.25, 0.3) is 0 Å². The molecule has 1 aromatic rings. The molecule has 19 heavy (non-hydrogen) atoms. The van der Waals surface area contributed by atoms with Crippen molar-refractivity contribution < 1.29 is 4.79 Å². The highest BCUT2D eigenvalue weighted by atomic mass is 16.2. The Bertz CT molecular complexity index is 410. The Kier molecular flexibility index (Phi) is 4.59. The maximum absolute atomic E-state index is 12.6. The molecule has 1 aliphatic rings. The number of nitrogens with one attached hydrogen (secondary N) is 2. The van der Waals surface area contributed by atoms with Crippen LogP contribution in [0.3, 0.4) is 0 Å². The highest BCUT2D eigenvalue weighted by molar-refractivity contribution is 5.88. The van der Waals surface area contributed by atoms with E-state index in [1.54, 1.807) is 0 Å². The Balaban J connectivity index is 2.14. The molecule has 1 amide bonds. The van der Waals surface area contributed by atoms with Crippen molar-refractivity contribution in [3.8, 4) is 0 Å². The summed E-state index contributed by atoms with van der Waals surface area (Å²) in [7, 11) is 1.92. The van der Waals surface area contributed by atoms with Crippen molar-refractivity contribution in [2.45, 2.75) is 44.1 Å².